The summed E-state index contributed by atoms with van der Waals surface area (Å²) in [7, 11) is 0. The van der Waals surface area contributed by atoms with Crippen molar-refractivity contribution in [2.45, 2.75) is 19.1 Å². The minimum absolute atomic E-state index is 0.000714. The molecule has 1 fully saturated rings. The Labute approximate surface area is 112 Å². The van der Waals surface area contributed by atoms with Crippen molar-refractivity contribution in [2.75, 3.05) is 19.7 Å². The van der Waals surface area contributed by atoms with Gasteiger partial charge in [-0.3, -0.25) is 4.90 Å². The Hall–Kier alpha value is -1.43. The summed E-state index contributed by atoms with van der Waals surface area (Å²) in [5, 5.41) is 28.1. The van der Waals surface area contributed by atoms with E-state index in [1.54, 1.807) is 18.2 Å². The number of aromatic carboxylic acids is 1. The lowest BCUT2D eigenvalue weighted by atomic mass is 9.94. The molecule has 0 saturated carbocycles. The molecule has 5 heteroatoms. The Morgan fingerprint density at radius 3 is 2.74 bits per heavy atom. The molecular formula is C14H19NO4. The molecule has 0 spiro atoms. The van der Waals surface area contributed by atoms with E-state index < -0.39 is 12.1 Å². The fourth-order valence-corrected chi connectivity index (χ4v) is 2.51. The summed E-state index contributed by atoms with van der Waals surface area (Å²) in [5.74, 6) is -0.993. The van der Waals surface area contributed by atoms with Gasteiger partial charge in [-0.2, -0.15) is 0 Å². The molecule has 2 atom stereocenters. The van der Waals surface area contributed by atoms with Crippen molar-refractivity contribution in [2.24, 2.45) is 5.92 Å². The molecule has 1 aromatic rings. The standard InChI is InChI=1S/C14H19NO4/c16-9-11-5-6-15(8-13(11)17)7-10-3-1-2-4-12(10)14(18)19/h1-4,11,13,16-17H,5-9H2,(H,18,19)/t11-,13+/m1/s1. The van der Waals surface area contributed by atoms with Crippen LogP contribution in [0, 0.1) is 5.92 Å². The molecule has 1 heterocycles. The van der Waals surface area contributed by atoms with Gasteiger partial charge in [0.1, 0.15) is 0 Å². The lowest BCUT2D eigenvalue weighted by molar-refractivity contribution is -0.00450. The number of β-amino-alcohol motifs (C(OH)–C–C–N with tert-alkyl or cyclic N) is 1. The largest absolute Gasteiger partial charge is 0.478 e. The fraction of sp³-hybridized carbons (Fsp3) is 0.500. The van der Waals surface area contributed by atoms with Gasteiger partial charge < -0.3 is 15.3 Å². The Kier molecular flexibility index (Phi) is 4.52. The highest BCUT2D eigenvalue weighted by atomic mass is 16.4. The van der Waals surface area contributed by atoms with Crippen LogP contribution < -0.4 is 0 Å². The predicted octanol–water partition coefficient (Wildman–Crippen LogP) is 0.560. The third-order valence-electron chi connectivity index (χ3n) is 3.68. The number of carbonyl (C=O) groups is 1. The summed E-state index contributed by atoms with van der Waals surface area (Å²) < 4.78 is 0. The smallest absolute Gasteiger partial charge is 0.336 e. The molecule has 0 radical (unpaired) electrons. The van der Waals surface area contributed by atoms with Gasteiger partial charge in [-0.15, -0.1) is 0 Å². The Balaban J connectivity index is 2.04. The van der Waals surface area contributed by atoms with Gasteiger partial charge in [-0.05, 0) is 24.6 Å². The van der Waals surface area contributed by atoms with E-state index in [-0.39, 0.29) is 12.5 Å². The molecule has 5 nitrogen and oxygen atoms in total. The van der Waals surface area contributed by atoms with Gasteiger partial charge in [0.25, 0.3) is 0 Å². The SMILES string of the molecule is O=C(O)c1ccccc1CN1CC[C@H](CO)[C@@H](O)C1. The number of hydrogen-bond donors (Lipinski definition) is 3. The van der Waals surface area contributed by atoms with Crippen molar-refractivity contribution in [3.8, 4) is 0 Å². The van der Waals surface area contributed by atoms with Crippen LogP contribution in [0.15, 0.2) is 24.3 Å². The van der Waals surface area contributed by atoms with Crippen molar-refractivity contribution in [3.63, 3.8) is 0 Å². The van der Waals surface area contributed by atoms with Crippen LogP contribution >= 0.6 is 0 Å². The number of aliphatic hydroxyl groups excluding tert-OH is 2. The van der Waals surface area contributed by atoms with Crippen molar-refractivity contribution in [1.82, 2.24) is 4.90 Å². The van der Waals surface area contributed by atoms with Crippen LogP contribution in [0.1, 0.15) is 22.3 Å². The molecule has 1 aliphatic heterocycles. The van der Waals surface area contributed by atoms with Crippen LogP contribution in [0.5, 0.6) is 0 Å². The summed E-state index contributed by atoms with van der Waals surface area (Å²) in [6.45, 7) is 1.74. The minimum atomic E-state index is -0.929. The number of benzene rings is 1. The zero-order chi connectivity index (χ0) is 13.8. The zero-order valence-electron chi connectivity index (χ0n) is 10.7. The van der Waals surface area contributed by atoms with Crippen LogP contribution in [0.25, 0.3) is 0 Å². The van der Waals surface area contributed by atoms with Crippen LogP contribution in [0.2, 0.25) is 0 Å². The fourth-order valence-electron chi connectivity index (χ4n) is 2.51. The van der Waals surface area contributed by atoms with Crippen LogP contribution in [-0.4, -0.2) is 52.0 Å². The van der Waals surface area contributed by atoms with Gasteiger partial charge in [0.15, 0.2) is 0 Å². The summed E-state index contributed by atoms with van der Waals surface area (Å²) in [5.41, 5.74) is 1.06. The van der Waals surface area contributed by atoms with Crippen LogP contribution in [0.3, 0.4) is 0 Å². The highest BCUT2D eigenvalue weighted by Crippen LogP contribution is 2.20. The molecule has 3 N–H and O–H groups in total. The molecule has 0 unspecified atom stereocenters. The monoisotopic (exact) mass is 265 g/mol. The molecule has 1 aliphatic rings. The lowest BCUT2D eigenvalue weighted by Crippen LogP contribution is -2.44. The first-order chi connectivity index (χ1) is 9.11. The third-order valence-corrected chi connectivity index (χ3v) is 3.68. The molecule has 2 rings (SSSR count). The molecule has 1 saturated heterocycles. The van der Waals surface area contributed by atoms with Crippen LogP contribution in [0.4, 0.5) is 0 Å². The third kappa shape index (κ3) is 3.32. The van der Waals surface area contributed by atoms with E-state index in [4.69, 9.17) is 10.2 Å². The maximum absolute atomic E-state index is 11.1. The number of carboxylic acid groups (broad SMARTS) is 1. The average Bonchev–Trinajstić information content (AvgIpc) is 2.39. The van der Waals surface area contributed by atoms with Crippen LogP contribution in [-0.2, 0) is 6.54 Å². The highest BCUT2D eigenvalue weighted by molar-refractivity contribution is 5.89. The number of rotatable bonds is 4. The number of nitrogens with zero attached hydrogens (tertiary/aromatic N) is 1. The van der Waals surface area contributed by atoms with E-state index in [0.29, 0.717) is 18.7 Å². The zero-order valence-corrected chi connectivity index (χ0v) is 10.7. The van der Waals surface area contributed by atoms with E-state index >= 15 is 0 Å². The molecule has 104 valence electrons. The molecule has 1 aromatic carbocycles. The van der Waals surface area contributed by atoms with Gasteiger partial charge >= 0.3 is 5.97 Å². The van der Waals surface area contributed by atoms with E-state index in [1.165, 1.54) is 0 Å². The van der Waals surface area contributed by atoms with Gasteiger partial charge in [0.05, 0.1) is 11.7 Å². The van der Waals surface area contributed by atoms with Gasteiger partial charge in [0, 0.05) is 25.6 Å². The maximum atomic E-state index is 11.1. The first kappa shape index (κ1) is 14.0. The van der Waals surface area contributed by atoms with E-state index in [1.807, 2.05) is 11.0 Å². The first-order valence-electron chi connectivity index (χ1n) is 6.44. The van der Waals surface area contributed by atoms with E-state index in [0.717, 1.165) is 18.5 Å². The lowest BCUT2D eigenvalue weighted by Gasteiger charge is -2.35. The van der Waals surface area contributed by atoms with Gasteiger partial charge in [0.2, 0.25) is 0 Å². The quantitative estimate of drug-likeness (QED) is 0.741. The predicted molar refractivity (Wildman–Crippen MR) is 69.9 cm³/mol. The number of likely N-dealkylation sites (tertiary alicyclic amines) is 1. The summed E-state index contributed by atoms with van der Waals surface area (Å²) in [6, 6.07) is 6.92. The Bertz CT molecular complexity index is 449. The number of piperidine rings is 1. The first-order valence-corrected chi connectivity index (χ1v) is 6.44. The molecule has 0 bridgehead atoms. The second-order valence-corrected chi connectivity index (χ2v) is 5.00. The van der Waals surface area contributed by atoms with Gasteiger partial charge in [-0.1, -0.05) is 18.2 Å². The minimum Gasteiger partial charge on any atom is -0.478 e. The summed E-state index contributed by atoms with van der Waals surface area (Å²) in [6.07, 6.45) is 0.183. The number of aliphatic hydroxyl groups is 2. The van der Waals surface area contributed by atoms with E-state index in [2.05, 4.69) is 0 Å². The topological polar surface area (TPSA) is 81.0 Å². The highest BCUT2D eigenvalue weighted by Gasteiger charge is 2.27. The van der Waals surface area contributed by atoms with Gasteiger partial charge in [-0.25, -0.2) is 4.79 Å². The Morgan fingerprint density at radius 2 is 2.11 bits per heavy atom. The molecule has 19 heavy (non-hydrogen) atoms. The van der Waals surface area contributed by atoms with Crippen molar-refractivity contribution >= 4 is 5.97 Å². The van der Waals surface area contributed by atoms with Crippen molar-refractivity contribution in [1.29, 1.82) is 0 Å². The summed E-state index contributed by atoms with van der Waals surface area (Å²) in [4.78, 5) is 13.2. The molecular weight excluding hydrogens is 246 g/mol. The normalized spacial score (nSPS) is 24.3. The Morgan fingerprint density at radius 1 is 1.37 bits per heavy atom. The number of hydrogen-bond acceptors (Lipinski definition) is 4. The molecule has 0 aliphatic carbocycles. The second-order valence-electron chi connectivity index (χ2n) is 5.00. The number of carboxylic acids is 1. The second kappa shape index (κ2) is 6.14. The molecule has 0 aromatic heterocycles. The summed E-state index contributed by atoms with van der Waals surface area (Å²) >= 11 is 0. The average molecular weight is 265 g/mol. The van der Waals surface area contributed by atoms with Crippen molar-refractivity contribution < 1.29 is 20.1 Å². The van der Waals surface area contributed by atoms with Crippen molar-refractivity contribution in [3.05, 3.63) is 35.4 Å². The molecule has 0 amide bonds. The maximum Gasteiger partial charge on any atom is 0.336 e. The van der Waals surface area contributed by atoms with E-state index in [9.17, 15) is 9.90 Å².